The first-order valence-electron chi connectivity index (χ1n) is 9.70. The van der Waals surface area contributed by atoms with E-state index in [9.17, 15) is 25.0 Å². The predicted octanol–water partition coefficient (Wildman–Crippen LogP) is 2.69. The maximum Gasteiger partial charge on any atom is 0.337 e. The van der Waals surface area contributed by atoms with Crippen molar-refractivity contribution in [2.24, 2.45) is 10.9 Å². The molecule has 1 aromatic rings. The van der Waals surface area contributed by atoms with Gasteiger partial charge in [-0.15, -0.1) is 0 Å². The number of non-ortho nitro benzene ring substituents is 1. The van der Waals surface area contributed by atoms with E-state index in [2.05, 4.69) is 4.99 Å². The third-order valence-electron chi connectivity index (χ3n) is 4.61. The summed E-state index contributed by atoms with van der Waals surface area (Å²) in [7, 11) is 0. The quantitative estimate of drug-likeness (QED) is 0.252. The Balaban J connectivity index is 2.59. The SMILES string of the molecule is CCOCCOC(=O)C1C(C)=NC(C#N)=C(C(=O)OCC)C1c1cccc([N+](=O)[O-])c1. The van der Waals surface area contributed by atoms with E-state index < -0.39 is 28.7 Å². The van der Waals surface area contributed by atoms with E-state index in [0.717, 1.165) is 0 Å². The zero-order chi connectivity index (χ0) is 23.0. The second kappa shape index (κ2) is 11.0. The average molecular weight is 429 g/mol. The van der Waals surface area contributed by atoms with Gasteiger partial charge < -0.3 is 14.2 Å². The number of benzene rings is 1. The number of esters is 2. The lowest BCUT2D eigenvalue weighted by Gasteiger charge is -2.30. The number of hydrogen-bond donors (Lipinski definition) is 0. The van der Waals surface area contributed by atoms with Crippen LogP contribution in [0.25, 0.3) is 0 Å². The van der Waals surface area contributed by atoms with Crippen molar-refractivity contribution in [3.8, 4) is 6.07 Å². The molecule has 10 nitrogen and oxygen atoms in total. The van der Waals surface area contributed by atoms with Crippen LogP contribution in [0.15, 0.2) is 40.5 Å². The van der Waals surface area contributed by atoms with Crippen LogP contribution >= 0.6 is 0 Å². The third kappa shape index (κ3) is 5.52. The molecule has 0 saturated carbocycles. The summed E-state index contributed by atoms with van der Waals surface area (Å²) in [6, 6.07) is 7.41. The summed E-state index contributed by atoms with van der Waals surface area (Å²) in [6.07, 6.45) is 0. The van der Waals surface area contributed by atoms with E-state index in [0.29, 0.717) is 12.2 Å². The first-order chi connectivity index (χ1) is 14.8. The van der Waals surface area contributed by atoms with E-state index in [1.807, 2.05) is 6.07 Å². The average Bonchev–Trinajstić information content (AvgIpc) is 2.75. The number of rotatable bonds is 9. The molecular weight excluding hydrogens is 406 g/mol. The summed E-state index contributed by atoms with van der Waals surface area (Å²) in [4.78, 5) is 40.5. The number of ether oxygens (including phenoxy) is 3. The van der Waals surface area contributed by atoms with Crippen molar-refractivity contribution < 1.29 is 28.7 Å². The van der Waals surface area contributed by atoms with Gasteiger partial charge in [0.05, 0.1) is 23.7 Å². The van der Waals surface area contributed by atoms with Gasteiger partial charge in [0.25, 0.3) is 5.69 Å². The molecule has 1 aromatic carbocycles. The predicted molar refractivity (Wildman–Crippen MR) is 109 cm³/mol. The summed E-state index contributed by atoms with van der Waals surface area (Å²) in [6.45, 7) is 5.62. The van der Waals surface area contributed by atoms with Gasteiger partial charge >= 0.3 is 11.9 Å². The van der Waals surface area contributed by atoms with Crippen molar-refractivity contribution in [3.05, 3.63) is 51.2 Å². The molecule has 1 heterocycles. The molecule has 0 bridgehead atoms. The number of allylic oxidation sites excluding steroid dienone is 1. The molecule has 1 aliphatic rings. The highest BCUT2D eigenvalue weighted by molar-refractivity contribution is 6.07. The van der Waals surface area contributed by atoms with E-state index in [1.165, 1.54) is 25.1 Å². The zero-order valence-electron chi connectivity index (χ0n) is 17.5. The van der Waals surface area contributed by atoms with Crippen molar-refractivity contribution in [3.63, 3.8) is 0 Å². The summed E-state index contributed by atoms with van der Waals surface area (Å²) in [5, 5.41) is 20.8. The Morgan fingerprint density at radius 1 is 1.23 bits per heavy atom. The number of carbonyl (C=O) groups is 2. The maximum atomic E-state index is 12.9. The van der Waals surface area contributed by atoms with E-state index in [1.54, 1.807) is 19.9 Å². The van der Waals surface area contributed by atoms with Gasteiger partial charge in [0, 0.05) is 30.4 Å². The molecule has 2 rings (SSSR count). The first kappa shape index (κ1) is 23.7. The lowest BCUT2D eigenvalue weighted by Crippen LogP contribution is -2.37. The lowest BCUT2D eigenvalue weighted by atomic mass is 9.75. The van der Waals surface area contributed by atoms with E-state index >= 15 is 0 Å². The third-order valence-corrected chi connectivity index (χ3v) is 4.61. The summed E-state index contributed by atoms with van der Waals surface area (Å²) in [5.74, 6) is -3.61. The van der Waals surface area contributed by atoms with E-state index in [-0.39, 0.29) is 42.5 Å². The Labute approximate surface area is 179 Å². The molecule has 0 aromatic heterocycles. The van der Waals surface area contributed by atoms with Crippen LogP contribution < -0.4 is 0 Å². The van der Waals surface area contributed by atoms with Crippen LogP contribution in [0.4, 0.5) is 5.69 Å². The van der Waals surface area contributed by atoms with Crippen molar-refractivity contribution in [1.82, 2.24) is 0 Å². The minimum atomic E-state index is -1.07. The molecule has 1 aliphatic heterocycles. The highest BCUT2D eigenvalue weighted by Crippen LogP contribution is 2.40. The second-order valence-electron chi connectivity index (χ2n) is 6.52. The Bertz CT molecular complexity index is 962. The van der Waals surface area contributed by atoms with Crippen LogP contribution in [0.1, 0.15) is 32.3 Å². The highest BCUT2D eigenvalue weighted by Gasteiger charge is 2.43. The van der Waals surface area contributed by atoms with Crippen LogP contribution in [0, 0.1) is 27.4 Å². The van der Waals surface area contributed by atoms with Gasteiger partial charge in [0.2, 0.25) is 0 Å². The standard InChI is InChI=1S/C21H23N3O7/c1-4-29-9-10-31-20(25)17-13(3)23-16(12-22)19(21(26)30-5-2)18(17)14-7-6-8-15(11-14)24(27)28/h6-8,11,17-18H,4-5,9-10H2,1-3H3. The molecule has 0 aliphatic carbocycles. The Kier molecular flexibility index (Phi) is 8.40. The topological polar surface area (TPSA) is 141 Å². The van der Waals surface area contributed by atoms with Crippen LogP contribution in [0.5, 0.6) is 0 Å². The van der Waals surface area contributed by atoms with Gasteiger partial charge in [0.1, 0.15) is 18.6 Å². The lowest BCUT2D eigenvalue weighted by molar-refractivity contribution is -0.384. The molecule has 2 atom stereocenters. The van der Waals surface area contributed by atoms with Crippen molar-refractivity contribution >= 4 is 23.3 Å². The Morgan fingerprint density at radius 2 is 1.97 bits per heavy atom. The van der Waals surface area contributed by atoms with Gasteiger partial charge in [-0.2, -0.15) is 5.26 Å². The van der Waals surface area contributed by atoms with Crippen molar-refractivity contribution in [2.75, 3.05) is 26.4 Å². The molecule has 0 N–H and O–H groups in total. The van der Waals surface area contributed by atoms with E-state index in [4.69, 9.17) is 14.2 Å². The minimum absolute atomic E-state index is 0.0122. The fraction of sp³-hybridized carbons (Fsp3) is 0.429. The largest absolute Gasteiger partial charge is 0.463 e. The van der Waals surface area contributed by atoms with Gasteiger partial charge in [-0.05, 0) is 26.3 Å². The number of nitrogens with zero attached hydrogens (tertiary/aromatic N) is 3. The zero-order valence-corrected chi connectivity index (χ0v) is 17.5. The monoisotopic (exact) mass is 429 g/mol. The molecule has 10 heteroatoms. The number of hydrogen-bond acceptors (Lipinski definition) is 9. The number of nitro benzene ring substituents is 1. The number of aliphatic imine (C=N–C) groups is 1. The van der Waals surface area contributed by atoms with Crippen molar-refractivity contribution in [2.45, 2.75) is 26.7 Å². The fourth-order valence-corrected chi connectivity index (χ4v) is 3.31. The van der Waals surface area contributed by atoms with Crippen LogP contribution in [-0.2, 0) is 23.8 Å². The molecule has 2 unspecified atom stereocenters. The highest BCUT2D eigenvalue weighted by atomic mass is 16.6. The normalized spacial score (nSPS) is 18.1. The van der Waals surface area contributed by atoms with Crippen molar-refractivity contribution in [1.29, 1.82) is 5.26 Å². The molecule has 0 radical (unpaired) electrons. The summed E-state index contributed by atoms with van der Waals surface area (Å²) in [5.41, 5.74) is -0.00982. The number of nitriles is 1. The molecular formula is C21H23N3O7. The molecule has 0 saturated heterocycles. The van der Waals surface area contributed by atoms with Gasteiger partial charge in [-0.25, -0.2) is 9.79 Å². The maximum absolute atomic E-state index is 12.9. The molecule has 0 fully saturated rings. The van der Waals surface area contributed by atoms with Crippen LogP contribution in [0.3, 0.4) is 0 Å². The number of nitro groups is 1. The molecule has 164 valence electrons. The van der Waals surface area contributed by atoms with Crippen LogP contribution in [-0.4, -0.2) is 49.0 Å². The smallest absolute Gasteiger partial charge is 0.337 e. The van der Waals surface area contributed by atoms with Gasteiger partial charge in [-0.3, -0.25) is 14.9 Å². The summed E-state index contributed by atoms with van der Waals surface area (Å²) < 4.78 is 15.6. The molecule has 31 heavy (non-hydrogen) atoms. The summed E-state index contributed by atoms with van der Waals surface area (Å²) >= 11 is 0. The minimum Gasteiger partial charge on any atom is -0.463 e. The van der Waals surface area contributed by atoms with Gasteiger partial charge in [-0.1, -0.05) is 12.1 Å². The fourth-order valence-electron chi connectivity index (χ4n) is 3.31. The Morgan fingerprint density at radius 3 is 2.58 bits per heavy atom. The molecule has 0 spiro atoms. The molecule has 0 amide bonds. The van der Waals surface area contributed by atoms with Gasteiger partial charge in [0.15, 0.2) is 5.70 Å². The first-order valence-corrected chi connectivity index (χ1v) is 9.70. The second-order valence-corrected chi connectivity index (χ2v) is 6.52. The van der Waals surface area contributed by atoms with Crippen LogP contribution in [0.2, 0.25) is 0 Å². The number of carbonyl (C=O) groups excluding carboxylic acids is 2. The Hall–Kier alpha value is -3.58.